The summed E-state index contributed by atoms with van der Waals surface area (Å²) < 4.78 is 7.89. The molecule has 3 aromatic heterocycles. The van der Waals surface area contributed by atoms with E-state index in [2.05, 4.69) is 22.2 Å². The number of hydrogen-bond donors (Lipinski definition) is 1. The maximum absolute atomic E-state index is 12.9. The Morgan fingerprint density at radius 2 is 1.93 bits per heavy atom. The van der Waals surface area contributed by atoms with Crippen LogP contribution in [0, 0.1) is 0 Å². The summed E-state index contributed by atoms with van der Waals surface area (Å²) in [6.07, 6.45) is 5.51. The molecule has 6 nitrogen and oxygen atoms in total. The molecule has 0 unspecified atom stereocenters. The Bertz CT molecular complexity index is 931. The molecule has 0 aromatic carbocycles. The Hall–Kier alpha value is -2.51. The van der Waals surface area contributed by atoms with Gasteiger partial charge in [0.15, 0.2) is 5.13 Å². The first-order valence-corrected chi connectivity index (χ1v) is 10.2. The van der Waals surface area contributed by atoms with Crippen molar-refractivity contribution in [2.75, 3.05) is 5.32 Å². The van der Waals surface area contributed by atoms with Gasteiger partial charge in [0, 0.05) is 24.0 Å². The number of ether oxygens (including phenoxy) is 1. The molecule has 0 bridgehead atoms. The van der Waals surface area contributed by atoms with Crippen molar-refractivity contribution in [2.45, 2.75) is 52.4 Å². The Morgan fingerprint density at radius 3 is 2.61 bits per heavy atom. The van der Waals surface area contributed by atoms with Gasteiger partial charge in [0.1, 0.15) is 11.3 Å². The number of nitrogens with one attached hydrogen (secondary N) is 1. The summed E-state index contributed by atoms with van der Waals surface area (Å²) in [6, 6.07) is 7.61. The van der Waals surface area contributed by atoms with E-state index < -0.39 is 5.60 Å². The van der Waals surface area contributed by atoms with E-state index >= 15 is 0 Å². The van der Waals surface area contributed by atoms with Gasteiger partial charge in [0.05, 0.1) is 17.8 Å². The third kappa shape index (κ3) is 4.48. The molecule has 7 heteroatoms. The predicted molar refractivity (Wildman–Crippen MR) is 112 cm³/mol. The van der Waals surface area contributed by atoms with E-state index in [0.717, 1.165) is 11.3 Å². The fourth-order valence-corrected chi connectivity index (χ4v) is 4.01. The zero-order chi connectivity index (χ0) is 20.3. The Morgan fingerprint density at radius 1 is 1.21 bits per heavy atom. The van der Waals surface area contributed by atoms with Gasteiger partial charge in [-0.05, 0) is 64.4 Å². The van der Waals surface area contributed by atoms with Crippen LogP contribution in [0.4, 0.5) is 5.13 Å². The standard InChI is InChI=1S/C21H26N4O2S/c1-14(2)27-21(4,5)18-13-28-20(23-18)24-19(26)17-7-6-12-25(17)15(3)16-8-10-22-11-9-16/h6-15H,1-5H3,(H,23,24,26)/t15-/m1/s1. The quantitative estimate of drug-likeness (QED) is 0.617. The molecular formula is C21H26N4O2S. The summed E-state index contributed by atoms with van der Waals surface area (Å²) in [5.41, 5.74) is 1.97. The van der Waals surface area contributed by atoms with Gasteiger partial charge in [-0.2, -0.15) is 0 Å². The van der Waals surface area contributed by atoms with Crippen LogP contribution in [0.25, 0.3) is 0 Å². The lowest BCUT2D eigenvalue weighted by molar-refractivity contribution is -0.0623. The fourth-order valence-electron chi connectivity index (χ4n) is 3.14. The second-order valence-electron chi connectivity index (χ2n) is 7.43. The first-order valence-electron chi connectivity index (χ1n) is 9.30. The van der Waals surface area contributed by atoms with Crippen LogP contribution in [-0.2, 0) is 10.3 Å². The van der Waals surface area contributed by atoms with Gasteiger partial charge in [0.2, 0.25) is 0 Å². The molecule has 3 heterocycles. The first-order chi connectivity index (χ1) is 13.3. The van der Waals surface area contributed by atoms with Crippen LogP contribution in [0.5, 0.6) is 0 Å². The Balaban J connectivity index is 1.76. The van der Waals surface area contributed by atoms with Gasteiger partial charge in [-0.15, -0.1) is 11.3 Å². The number of carbonyl (C=O) groups is 1. The number of rotatable bonds is 7. The molecule has 0 aliphatic carbocycles. The molecular weight excluding hydrogens is 372 g/mol. The van der Waals surface area contributed by atoms with Crippen LogP contribution in [0.2, 0.25) is 0 Å². The summed E-state index contributed by atoms with van der Waals surface area (Å²) in [7, 11) is 0. The minimum atomic E-state index is -0.510. The van der Waals surface area contributed by atoms with Gasteiger partial charge in [-0.25, -0.2) is 4.98 Å². The zero-order valence-corrected chi connectivity index (χ0v) is 17.7. The summed E-state index contributed by atoms with van der Waals surface area (Å²) in [5.74, 6) is -0.186. The van der Waals surface area contributed by atoms with Gasteiger partial charge >= 0.3 is 0 Å². The van der Waals surface area contributed by atoms with Crippen molar-refractivity contribution >= 4 is 22.4 Å². The highest BCUT2D eigenvalue weighted by Gasteiger charge is 2.26. The highest BCUT2D eigenvalue weighted by atomic mass is 32.1. The van der Waals surface area contributed by atoms with E-state index in [1.54, 1.807) is 12.4 Å². The molecule has 0 aliphatic rings. The van der Waals surface area contributed by atoms with Crippen molar-refractivity contribution in [3.63, 3.8) is 0 Å². The van der Waals surface area contributed by atoms with Crippen LogP contribution in [0.3, 0.4) is 0 Å². The molecule has 0 aliphatic heterocycles. The van der Waals surface area contributed by atoms with Gasteiger partial charge in [-0.1, -0.05) is 0 Å². The molecule has 3 aromatic rings. The molecule has 0 saturated carbocycles. The number of hydrogen-bond acceptors (Lipinski definition) is 5. The van der Waals surface area contributed by atoms with Crippen molar-refractivity contribution < 1.29 is 9.53 Å². The smallest absolute Gasteiger partial charge is 0.274 e. The zero-order valence-electron chi connectivity index (χ0n) is 16.8. The third-order valence-corrected chi connectivity index (χ3v) is 5.25. The number of pyridine rings is 1. The number of thiazole rings is 1. The number of carbonyl (C=O) groups excluding carboxylic acids is 1. The van der Waals surface area contributed by atoms with Crippen LogP contribution in [0.15, 0.2) is 48.2 Å². The summed E-state index contributed by atoms with van der Waals surface area (Å²) >= 11 is 1.40. The van der Waals surface area contributed by atoms with Gasteiger partial charge < -0.3 is 9.30 Å². The minimum absolute atomic E-state index is 0.0176. The van der Waals surface area contributed by atoms with Crippen LogP contribution >= 0.6 is 11.3 Å². The number of amides is 1. The largest absolute Gasteiger partial charge is 0.367 e. The summed E-state index contributed by atoms with van der Waals surface area (Å²) in [5, 5.41) is 5.40. The lowest BCUT2D eigenvalue weighted by atomic mass is 10.1. The molecule has 0 saturated heterocycles. The monoisotopic (exact) mass is 398 g/mol. The van der Waals surface area contributed by atoms with Gasteiger partial charge in [-0.3, -0.25) is 15.1 Å². The van der Waals surface area contributed by atoms with Crippen molar-refractivity contribution in [3.8, 4) is 0 Å². The van der Waals surface area contributed by atoms with E-state index in [9.17, 15) is 4.79 Å². The SMILES string of the molecule is CC(C)OC(C)(C)c1csc(NC(=O)c2cccn2[C@H](C)c2ccncc2)n1. The van der Waals surface area contributed by atoms with Crippen molar-refractivity contribution in [2.24, 2.45) is 0 Å². The highest BCUT2D eigenvalue weighted by molar-refractivity contribution is 7.14. The van der Waals surface area contributed by atoms with E-state index in [1.165, 1.54) is 11.3 Å². The first kappa shape index (κ1) is 20.2. The second kappa shape index (κ2) is 8.24. The van der Waals surface area contributed by atoms with E-state index in [1.807, 2.05) is 68.1 Å². The minimum Gasteiger partial charge on any atom is -0.367 e. The summed E-state index contributed by atoms with van der Waals surface area (Å²) in [6.45, 7) is 10.0. The lowest BCUT2D eigenvalue weighted by Crippen LogP contribution is -2.26. The van der Waals surface area contributed by atoms with E-state index in [-0.39, 0.29) is 18.1 Å². The maximum atomic E-state index is 12.9. The molecule has 3 rings (SSSR count). The third-order valence-electron chi connectivity index (χ3n) is 4.49. The Kier molecular flexibility index (Phi) is 5.96. The molecule has 0 fully saturated rings. The number of aromatic nitrogens is 3. The van der Waals surface area contributed by atoms with Crippen LogP contribution in [0.1, 0.15) is 62.4 Å². The van der Waals surface area contributed by atoms with Gasteiger partial charge in [0.25, 0.3) is 5.91 Å². The van der Waals surface area contributed by atoms with E-state index in [0.29, 0.717) is 10.8 Å². The van der Waals surface area contributed by atoms with Crippen LogP contribution < -0.4 is 5.32 Å². The predicted octanol–water partition coefficient (Wildman–Crippen LogP) is 4.86. The second-order valence-corrected chi connectivity index (χ2v) is 8.28. The van der Waals surface area contributed by atoms with Crippen molar-refractivity contribution in [3.05, 3.63) is 65.2 Å². The molecule has 0 radical (unpaired) electrons. The topological polar surface area (TPSA) is 69.0 Å². The lowest BCUT2D eigenvalue weighted by Gasteiger charge is -2.25. The molecule has 28 heavy (non-hydrogen) atoms. The average molecular weight is 399 g/mol. The average Bonchev–Trinajstić information content (AvgIpc) is 3.30. The van der Waals surface area contributed by atoms with Crippen LogP contribution in [-0.4, -0.2) is 26.5 Å². The molecule has 1 atom stereocenters. The van der Waals surface area contributed by atoms with E-state index in [4.69, 9.17) is 4.74 Å². The molecule has 1 amide bonds. The maximum Gasteiger partial charge on any atom is 0.274 e. The molecule has 1 N–H and O–H groups in total. The molecule has 0 spiro atoms. The molecule has 148 valence electrons. The number of anilines is 1. The summed E-state index contributed by atoms with van der Waals surface area (Å²) in [4.78, 5) is 21.5. The Labute approximate surface area is 169 Å². The van der Waals surface area contributed by atoms with Crippen molar-refractivity contribution in [1.29, 1.82) is 0 Å². The number of nitrogens with zero attached hydrogens (tertiary/aromatic N) is 3. The normalized spacial score (nSPS) is 12.9. The highest BCUT2D eigenvalue weighted by Crippen LogP contribution is 2.29. The van der Waals surface area contributed by atoms with Crippen molar-refractivity contribution in [1.82, 2.24) is 14.5 Å². The fraction of sp³-hybridized carbons (Fsp3) is 0.381.